The molecule has 0 aromatic heterocycles. The van der Waals surface area contributed by atoms with E-state index in [1.54, 1.807) is 12.3 Å². The van der Waals surface area contributed by atoms with Gasteiger partial charge in [-0.05, 0) is 19.9 Å². The maximum atomic E-state index is 5.33. The van der Waals surface area contributed by atoms with Crippen LogP contribution in [0.4, 0.5) is 0 Å². The summed E-state index contributed by atoms with van der Waals surface area (Å²) >= 11 is 0. The molecule has 1 unspecified atom stereocenters. The second-order valence-electron chi connectivity index (χ2n) is 2.45. The number of hydrogen-bond acceptors (Lipinski definition) is 3. The van der Waals surface area contributed by atoms with Crippen molar-refractivity contribution in [3.63, 3.8) is 0 Å². The lowest BCUT2D eigenvalue weighted by Gasteiger charge is -2.10. The highest BCUT2D eigenvalue weighted by molar-refractivity contribution is 5.22. The van der Waals surface area contributed by atoms with Crippen LogP contribution in [0.2, 0.25) is 0 Å². The van der Waals surface area contributed by atoms with Crippen molar-refractivity contribution in [1.82, 2.24) is 0 Å². The minimum Gasteiger partial charge on any atom is -0.386 e. The van der Waals surface area contributed by atoms with E-state index in [4.69, 9.17) is 16.2 Å². The van der Waals surface area contributed by atoms with E-state index in [2.05, 4.69) is 5.73 Å². The largest absolute Gasteiger partial charge is 0.386 e. The molecule has 0 radical (unpaired) electrons. The van der Waals surface area contributed by atoms with Crippen LogP contribution in [0.3, 0.4) is 0 Å². The van der Waals surface area contributed by atoms with Crippen molar-refractivity contribution < 1.29 is 10.5 Å². The molecule has 70 valence electrons. The fourth-order valence-electron chi connectivity index (χ4n) is 0.881. The molecular weight excluding hydrogens is 154 g/mol. The Hall–Kier alpha value is -1.00. The Balaban J connectivity index is 4.27. The molecule has 0 spiro atoms. The molecule has 0 saturated heterocycles. The van der Waals surface area contributed by atoms with Gasteiger partial charge in [0.05, 0.1) is 18.1 Å². The van der Waals surface area contributed by atoms with Gasteiger partial charge >= 0.3 is 0 Å². The zero-order valence-electron chi connectivity index (χ0n) is 7.71. The molecule has 0 aromatic carbocycles. The number of hydrogen-bond donors (Lipinski definition) is 3. The van der Waals surface area contributed by atoms with Crippen LogP contribution in [0.15, 0.2) is 23.7 Å². The summed E-state index contributed by atoms with van der Waals surface area (Å²) in [5.74, 6) is 0.274. The summed E-state index contributed by atoms with van der Waals surface area (Å²) in [4.78, 5) is 0. The smallest absolute Gasteiger partial charge is 0.0969 e. The predicted molar refractivity (Wildman–Crippen MR) is 48.5 cm³/mol. The second-order valence-corrected chi connectivity index (χ2v) is 2.45. The topological polar surface area (TPSA) is 88.9 Å². The standard InChI is InChI=1S/C8H17N3O/c1-3-12-6(2)7(5-9)4-8(10)11/h4-6H,3,9-11H2,1-2H3/p+1. The first-order valence-electron chi connectivity index (χ1n) is 3.95. The maximum absolute atomic E-state index is 5.33. The van der Waals surface area contributed by atoms with Crippen molar-refractivity contribution in [3.05, 3.63) is 23.7 Å². The zero-order valence-corrected chi connectivity index (χ0v) is 7.71. The molecule has 0 saturated carbocycles. The van der Waals surface area contributed by atoms with E-state index < -0.39 is 0 Å². The van der Waals surface area contributed by atoms with Crippen molar-refractivity contribution in [2.75, 3.05) is 6.61 Å². The number of rotatable bonds is 4. The van der Waals surface area contributed by atoms with Crippen molar-refractivity contribution in [2.45, 2.75) is 20.0 Å². The summed E-state index contributed by atoms with van der Waals surface area (Å²) in [5, 5.41) is 0. The second kappa shape index (κ2) is 5.62. The first kappa shape index (κ1) is 11.0. The molecule has 0 bridgehead atoms. The van der Waals surface area contributed by atoms with E-state index in [1.807, 2.05) is 13.8 Å². The Labute approximate surface area is 73.0 Å². The Morgan fingerprint density at radius 1 is 1.58 bits per heavy atom. The van der Waals surface area contributed by atoms with Crippen molar-refractivity contribution in [2.24, 2.45) is 11.5 Å². The monoisotopic (exact) mass is 172 g/mol. The molecule has 1 atom stereocenters. The summed E-state index contributed by atoms with van der Waals surface area (Å²) in [6, 6.07) is 0. The molecule has 0 aromatic rings. The zero-order chi connectivity index (χ0) is 9.56. The van der Waals surface area contributed by atoms with E-state index in [1.165, 1.54) is 0 Å². The molecule has 0 fully saturated rings. The molecule has 4 heteroatoms. The van der Waals surface area contributed by atoms with Crippen LogP contribution in [0, 0.1) is 0 Å². The molecular formula is C8H18N3O+. The van der Waals surface area contributed by atoms with E-state index >= 15 is 0 Å². The van der Waals surface area contributed by atoms with Crippen LogP contribution in [0.5, 0.6) is 0 Å². The third kappa shape index (κ3) is 4.00. The average Bonchev–Trinajstić information content (AvgIpc) is 2.00. The quantitative estimate of drug-likeness (QED) is 0.490. The number of nitrogens with two attached hydrogens (primary N) is 2. The lowest BCUT2D eigenvalue weighted by molar-refractivity contribution is -0.276. The highest BCUT2D eigenvalue weighted by Crippen LogP contribution is 2.06. The van der Waals surface area contributed by atoms with Gasteiger partial charge in [-0.3, -0.25) is 0 Å². The Morgan fingerprint density at radius 3 is 2.50 bits per heavy atom. The lowest BCUT2D eigenvalue weighted by atomic mass is 10.1. The van der Waals surface area contributed by atoms with E-state index in [9.17, 15) is 0 Å². The molecule has 0 aliphatic heterocycles. The SMILES string of the molecule is CCOC(C)C(C=C(N)N)=C[NH3+]. The van der Waals surface area contributed by atoms with Gasteiger partial charge in [0, 0.05) is 12.2 Å². The van der Waals surface area contributed by atoms with Crippen LogP contribution in [-0.2, 0) is 4.74 Å². The third-order valence-electron chi connectivity index (χ3n) is 1.46. The minimum atomic E-state index is -0.00500. The minimum absolute atomic E-state index is 0.00500. The molecule has 4 nitrogen and oxygen atoms in total. The Morgan fingerprint density at radius 2 is 2.17 bits per heavy atom. The fourth-order valence-corrected chi connectivity index (χ4v) is 0.881. The molecule has 0 rings (SSSR count). The van der Waals surface area contributed by atoms with E-state index in [-0.39, 0.29) is 11.9 Å². The van der Waals surface area contributed by atoms with Crippen molar-refractivity contribution in [3.8, 4) is 0 Å². The van der Waals surface area contributed by atoms with Gasteiger partial charge < -0.3 is 21.9 Å². The summed E-state index contributed by atoms with van der Waals surface area (Å²) in [6.45, 7) is 4.53. The van der Waals surface area contributed by atoms with Crippen LogP contribution < -0.4 is 17.2 Å². The molecule has 0 amide bonds. The Bertz CT molecular complexity index is 183. The van der Waals surface area contributed by atoms with Gasteiger partial charge in [-0.1, -0.05) is 0 Å². The number of quaternary nitrogens is 1. The van der Waals surface area contributed by atoms with Gasteiger partial charge in [-0.15, -0.1) is 0 Å². The van der Waals surface area contributed by atoms with E-state index in [0.29, 0.717) is 6.61 Å². The van der Waals surface area contributed by atoms with Crippen LogP contribution >= 0.6 is 0 Å². The van der Waals surface area contributed by atoms with Crippen LogP contribution in [-0.4, -0.2) is 12.7 Å². The van der Waals surface area contributed by atoms with Crippen molar-refractivity contribution >= 4 is 0 Å². The van der Waals surface area contributed by atoms with E-state index in [0.717, 1.165) is 5.57 Å². The molecule has 7 N–H and O–H groups in total. The van der Waals surface area contributed by atoms with Crippen molar-refractivity contribution in [1.29, 1.82) is 0 Å². The highest BCUT2D eigenvalue weighted by atomic mass is 16.5. The lowest BCUT2D eigenvalue weighted by Crippen LogP contribution is -2.41. The molecule has 0 aliphatic rings. The molecule has 0 aliphatic carbocycles. The number of ether oxygens (including phenoxy) is 1. The first-order chi connectivity index (χ1) is 5.61. The summed E-state index contributed by atoms with van der Waals surface area (Å²) in [6.07, 6.45) is 3.35. The summed E-state index contributed by atoms with van der Waals surface area (Å²) in [7, 11) is 0. The first-order valence-corrected chi connectivity index (χ1v) is 3.95. The van der Waals surface area contributed by atoms with Crippen LogP contribution in [0.1, 0.15) is 13.8 Å². The maximum Gasteiger partial charge on any atom is 0.0969 e. The fraction of sp³-hybridized carbons (Fsp3) is 0.500. The highest BCUT2D eigenvalue weighted by Gasteiger charge is 2.06. The van der Waals surface area contributed by atoms with Gasteiger partial charge in [-0.2, -0.15) is 0 Å². The van der Waals surface area contributed by atoms with Gasteiger partial charge in [0.1, 0.15) is 0 Å². The van der Waals surface area contributed by atoms with Gasteiger partial charge in [0.2, 0.25) is 0 Å². The third-order valence-corrected chi connectivity index (χ3v) is 1.46. The van der Waals surface area contributed by atoms with Gasteiger partial charge in [0.15, 0.2) is 0 Å². The normalized spacial score (nSPS) is 14.1. The Kier molecular flexibility index (Phi) is 5.16. The summed E-state index contributed by atoms with van der Waals surface area (Å²) in [5.41, 5.74) is 15.2. The molecule has 12 heavy (non-hydrogen) atoms. The molecule has 0 heterocycles. The summed E-state index contributed by atoms with van der Waals surface area (Å²) < 4.78 is 5.33. The predicted octanol–water partition coefficient (Wildman–Crippen LogP) is -0.704. The average molecular weight is 172 g/mol. The van der Waals surface area contributed by atoms with Crippen LogP contribution in [0.25, 0.3) is 0 Å². The van der Waals surface area contributed by atoms with Gasteiger partial charge in [-0.25, -0.2) is 0 Å². The van der Waals surface area contributed by atoms with Gasteiger partial charge in [0.25, 0.3) is 0 Å².